The van der Waals surface area contributed by atoms with Crippen molar-refractivity contribution in [2.75, 3.05) is 5.75 Å². The number of hydrogen-bond acceptors (Lipinski definition) is 3. The van der Waals surface area contributed by atoms with Crippen molar-refractivity contribution in [2.24, 2.45) is 0 Å². The van der Waals surface area contributed by atoms with E-state index in [1.165, 1.54) is 12.4 Å². The standard InChI is InChI=1S/C7H9O3S/c1-3-5-11(9,10)7(4-2)6-8/h3-4,7H,1-2,5H2. The zero-order valence-electron chi connectivity index (χ0n) is 5.99. The molecule has 0 spiro atoms. The summed E-state index contributed by atoms with van der Waals surface area (Å²) in [6, 6.07) is 0. The molecule has 1 atom stereocenters. The molecule has 0 aromatic rings. The number of rotatable bonds is 5. The van der Waals surface area contributed by atoms with Crippen LogP contribution in [-0.4, -0.2) is 25.7 Å². The van der Waals surface area contributed by atoms with Crippen molar-refractivity contribution in [1.29, 1.82) is 0 Å². The summed E-state index contributed by atoms with van der Waals surface area (Å²) < 4.78 is 22.0. The van der Waals surface area contributed by atoms with Crippen LogP contribution in [0.15, 0.2) is 25.3 Å². The van der Waals surface area contributed by atoms with Gasteiger partial charge in [-0.05, 0) is 0 Å². The Balaban J connectivity index is 4.64. The molecule has 1 radical (unpaired) electrons. The minimum atomic E-state index is -3.43. The molecule has 0 amide bonds. The average molecular weight is 173 g/mol. The molecule has 4 heteroatoms. The summed E-state index contributed by atoms with van der Waals surface area (Å²) in [5.41, 5.74) is 0. The van der Waals surface area contributed by atoms with E-state index in [1.807, 2.05) is 0 Å². The lowest BCUT2D eigenvalue weighted by Gasteiger charge is -2.01. The molecular formula is C7H9O3S. The largest absolute Gasteiger partial charge is 0.289 e. The summed E-state index contributed by atoms with van der Waals surface area (Å²) in [4.78, 5) is 10.0. The number of hydrogen-bond donors (Lipinski definition) is 0. The molecule has 0 bridgehead atoms. The summed E-state index contributed by atoms with van der Waals surface area (Å²) in [6.07, 6.45) is 3.65. The molecule has 0 N–H and O–H groups in total. The monoisotopic (exact) mass is 173 g/mol. The molecule has 3 nitrogen and oxygen atoms in total. The van der Waals surface area contributed by atoms with E-state index >= 15 is 0 Å². The average Bonchev–Trinajstić information content (AvgIpc) is 1.89. The van der Waals surface area contributed by atoms with E-state index < -0.39 is 15.1 Å². The van der Waals surface area contributed by atoms with E-state index in [-0.39, 0.29) is 5.75 Å². The minimum Gasteiger partial charge on any atom is -0.289 e. The second-order valence-electron chi connectivity index (χ2n) is 1.89. The molecule has 0 rings (SSSR count). The molecule has 0 fully saturated rings. The predicted molar refractivity (Wildman–Crippen MR) is 43.7 cm³/mol. The van der Waals surface area contributed by atoms with Gasteiger partial charge in [0.2, 0.25) is 6.29 Å². The zero-order valence-corrected chi connectivity index (χ0v) is 6.80. The Hall–Kier alpha value is -0.900. The second kappa shape index (κ2) is 4.08. The third-order valence-electron chi connectivity index (χ3n) is 1.07. The summed E-state index contributed by atoms with van der Waals surface area (Å²) in [5, 5.41) is -1.22. The number of sulfone groups is 1. The van der Waals surface area contributed by atoms with Gasteiger partial charge in [-0.25, -0.2) is 8.42 Å². The van der Waals surface area contributed by atoms with Crippen LogP contribution in [0.25, 0.3) is 0 Å². The fraction of sp³-hybridized carbons (Fsp3) is 0.286. The zero-order chi connectivity index (χ0) is 8.91. The Morgan fingerprint density at radius 2 is 2.00 bits per heavy atom. The molecule has 0 aromatic carbocycles. The highest BCUT2D eigenvalue weighted by atomic mass is 32.2. The Bertz CT molecular complexity index is 243. The van der Waals surface area contributed by atoms with Crippen molar-refractivity contribution in [1.82, 2.24) is 0 Å². The normalized spacial score (nSPS) is 13.5. The fourth-order valence-corrected chi connectivity index (χ4v) is 1.51. The molecule has 11 heavy (non-hydrogen) atoms. The first-order valence-corrected chi connectivity index (χ1v) is 4.62. The maximum absolute atomic E-state index is 11.0. The van der Waals surface area contributed by atoms with Gasteiger partial charge in [0, 0.05) is 0 Å². The first-order chi connectivity index (χ1) is 5.08. The van der Waals surface area contributed by atoms with Gasteiger partial charge in [0.15, 0.2) is 9.84 Å². The molecule has 0 saturated carbocycles. The van der Waals surface area contributed by atoms with E-state index in [4.69, 9.17) is 0 Å². The summed E-state index contributed by atoms with van der Waals surface area (Å²) in [7, 11) is -3.43. The van der Waals surface area contributed by atoms with Crippen LogP contribution in [0.4, 0.5) is 0 Å². The van der Waals surface area contributed by atoms with Crippen molar-refractivity contribution < 1.29 is 13.2 Å². The van der Waals surface area contributed by atoms with E-state index in [9.17, 15) is 13.2 Å². The lowest BCUT2D eigenvalue weighted by Crippen LogP contribution is -2.22. The summed E-state index contributed by atoms with van der Waals surface area (Å²) in [5.74, 6) is -0.223. The van der Waals surface area contributed by atoms with Gasteiger partial charge in [0.1, 0.15) is 5.25 Å². The van der Waals surface area contributed by atoms with Crippen LogP contribution >= 0.6 is 0 Å². The van der Waals surface area contributed by atoms with Crippen molar-refractivity contribution >= 4 is 16.1 Å². The molecule has 0 aliphatic heterocycles. The van der Waals surface area contributed by atoms with Gasteiger partial charge in [-0.15, -0.1) is 13.2 Å². The predicted octanol–water partition coefficient (Wildman–Crippen LogP) is 0.252. The van der Waals surface area contributed by atoms with Gasteiger partial charge in [-0.3, -0.25) is 4.79 Å². The Morgan fingerprint density at radius 1 is 1.45 bits per heavy atom. The molecule has 0 aliphatic rings. The van der Waals surface area contributed by atoms with Crippen LogP contribution in [0.5, 0.6) is 0 Å². The molecular weight excluding hydrogens is 164 g/mol. The van der Waals surface area contributed by atoms with E-state index in [0.29, 0.717) is 0 Å². The quantitative estimate of drug-likeness (QED) is 0.560. The van der Waals surface area contributed by atoms with Crippen molar-refractivity contribution in [2.45, 2.75) is 5.25 Å². The molecule has 1 unspecified atom stereocenters. The van der Waals surface area contributed by atoms with Crippen molar-refractivity contribution in [3.05, 3.63) is 25.3 Å². The van der Waals surface area contributed by atoms with Gasteiger partial charge in [0.05, 0.1) is 5.75 Å². The van der Waals surface area contributed by atoms with Crippen LogP contribution in [-0.2, 0) is 14.6 Å². The van der Waals surface area contributed by atoms with Gasteiger partial charge < -0.3 is 0 Å². The maximum atomic E-state index is 11.0. The van der Waals surface area contributed by atoms with Crippen LogP contribution in [0, 0.1) is 0 Å². The van der Waals surface area contributed by atoms with Crippen LogP contribution < -0.4 is 0 Å². The Kier molecular flexibility index (Phi) is 3.74. The summed E-state index contributed by atoms with van der Waals surface area (Å²) >= 11 is 0. The molecule has 0 saturated heterocycles. The lowest BCUT2D eigenvalue weighted by molar-refractivity contribution is 0.552. The van der Waals surface area contributed by atoms with Gasteiger partial charge in [-0.2, -0.15) is 0 Å². The Morgan fingerprint density at radius 3 is 2.27 bits per heavy atom. The van der Waals surface area contributed by atoms with E-state index in [2.05, 4.69) is 13.2 Å². The number of carbonyl (C=O) groups excluding carboxylic acids is 1. The van der Waals surface area contributed by atoms with Gasteiger partial charge >= 0.3 is 0 Å². The lowest BCUT2D eigenvalue weighted by atomic mass is 10.5. The van der Waals surface area contributed by atoms with Gasteiger partial charge in [-0.1, -0.05) is 12.2 Å². The third kappa shape index (κ3) is 2.67. The van der Waals surface area contributed by atoms with Crippen LogP contribution in [0.3, 0.4) is 0 Å². The van der Waals surface area contributed by atoms with E-state index in [0.717, 1.165) is 6.08 Å². The smallest absolute Gasteiger partial charge is 0.222 e. The van der Waals surface area contributed by atoms with Crippen molar-refractivity contribution in [3.63, 3.8) is 0 Å². The van der Waals surface area contributed by atoms with Gasteiger partial charge in [0.25, 0.3) is 0 Å². The molecule has 0 aromatic heterocycles. The van der Waals surface area contributed by atoms with Crippen molar-refractivity contribution in [3.8, 4) is 0 Å². The molecule has 61 valence electrons. The third-order valence-corrected chi connectivity index (χ3v) is 2.83. The van der Waals surface area contributed by atoms with Crippen LogP contribution in [0.1, 0.15) is 0 Å². The fourth-order valence-electron chi connectivity index (χ4n) is 0.536. The highest BCUT2D eigenvalue weighted by Crippen LogP contribution is 2.00. The van der Waals surface area contributed by atoms with E-state index in [1.54, 1.807) is 0 Å². The first kappa shape index (κ1) is 10.1. The van der Waals surface area contributed by atoms with Crippen LogP contribution in [0.2, 0.25) is 0 Å². The highest BCUT2D eigenvalue weighted by molar-refractivity contribution is 7.93. The molecule has 0 heterocycles. The second-order valence-corrected chi connectivity index (χ2v) is 4.06. The maximum Gasteiger partial charge on any atom is 0.222 e. The summed E-state index contributed by atoms with van der Waals surface area (Å²) in [6.45, 7) is 6.46. The highest BCUT2D eigenvalue weighted by Gasteiger charge is 2.20. The Labute approximate surface area is 66.3 Å². The minimum absolute atomic E-state index is 0.223. The first-order valence-electron chi connectivity index (χ1n) is 2.91. The molecule has 0 aliphatic carbocycles. The topological polar surface area (TPSA) is 51.2 Å². The SMILES string of the molecule is C=CCS(=O)(=O)C([C]=O)C=C.